The van der Waals surface area contributed by atoms with Crippen LogP contribution in [0.25, 0.3) is 0 Å². The minimum absolute atomic E-state index is 0.300. The van der Waals surface area contributed by atoms with Gasteiger partial charge in [0.2, 0.25) is 11.8 Å². The molecule has 0 fully saturated rings. The lowest BCUT2D eigenvalue weighted by Gasteiger charge is -2.17. The summed E-state index contributed by atoms with van der Waals surface area (Å²) in [5.41, 5.74) is 10.1. The molecule has 0 aromatic rings. The van der Waals surface area contributed by atoms with Gasteiger partial charge in [-0.15, -0.1) is 0 Å². The second kappa shape index (κ2) is 8.95. The van der Waals surface area contributed by atoms with Crippen molar-refractivity contribution in [2.75, 3.05) is 13.2 Å². The number of rotatable bonds is 10. The molecule has 0 saturated carbocycles. The summed E-state index contributed by atoms with van der Waals surface area (Å²) in [6.45, 7) is 4.86. The Kier molecular flexibility index (Phi) is 8.35. The van der Waals surface area contributed by atoms with Gasteiger partial charge < -0.3 is 20.9 Å². The fourth-order valence-corrected chi connectivity index (χ4v) is 1.50. The molecular weight excluding hydrogens is 224 g/mol. The van der Waals surface area contributed by atoms with Crippen molar-refractivity contribution in [3.05, 3.63) is 0 Å². The van der Waals surface area contributed by atoms with E-state index in [0.29, 0.717) is 32.5 Å². The molecule has 0 aliphatic rings. The van der Waals surface area contributed by atoms with Crippen LogP contribution in [0, 0.1) is 5.92 Å². The highest BCUT2D eigenvalue weighted by molar-refractivity contribution is 5.98. The van der Waals surface area contributed by atoms with Gasteiger partial charge in [0.15, 0.2) is 6.29 Å². The summed E-state index contributed by atoms with van der Waals surface area (Å²) in [4.78, 5) is 21.9. The first kappa shape index (κ1) is 15.9. The van der Waals surface area contributed by atoms with E-state index in [4.69, 9.17) is 20.9 Å². The summed E-state index contributed by atoms with van der Waals surface area (Å²) < 4.78 is 10.7. The van der Waals surface area contributed by atoms with Crippen LogP contribution in [0.15, 0.2) is 0 Å². The molecule has 4 N–H and O–H groups in total. The fourth-order valence-electron chi connectivity index (χ4n) is 1.50. The predicted octanol–water partition coefficient (Wildman–Crippen LogP) is 0.143. The van der Waals surface area contributed by atoms with E-state index in [0.717, 1.165) is 0 Å². The average Bonchev–Trinajstić information content (AvgIpc) is 2.23. The minimum Gasteiger partial charge on any atom is -0.369 e. The van der Waals surface area contributed by atoms with E-state index in [1.807, 2.05) is 13.8 Å². The quantitative estimate of drug-likeness (QED) is 0.422. The van der Waals surface area contributed by atoms with Crippen molar-refractivity contribution in [1.29, 1.82) is 0 Å². The molecule has 0 atom stereocenters. The lowest BCUT2D eigenvalue weighted by Crippen LogP contribution is -2.35. The normalized spacial score (nSPS) is 11.1. The maximum atomic E-state index is 10.9. The van der Waals surface area contributed by atoms with Crippen LogP contribution in [-0.4, -0.2) is 31.3 Å². The second-order valence-corrected chi connectivity index (χ2v) is 3.63. The van der Waals surface area contributed by atoms with Crippen LogP contribution < -0.4 is 11.5 Å². The van der Waals surface area contributed by atoms with Crippen molar-refractivity contribution in [1.82, 2.24) is 0 Å². The van der Waals surface area contributed by atoms with E-state index in [1.165, 1.54) is 0 Å². The van der Waals surface area contributed by atoms with Gasteiger partial charge in [0.1, 0.15) is 5.92 Å². The first-order chi connectivity index (χ1) is 8.02. The summed E-state index contributed by atoms with van der Waals surface area (Å²) in [6, 6.07) is 0. The van der Waals surface area contributed by atoms with Crippen LogP contribution in [0.4, 0.5) is 0 Å². The Morgan fingerprint density at radius 2 is 1.47 bits per heavy atom. The van der Waals surface area contributed by atoms with Gasteiger partial charge in [-0.1, -0.05) is 0 Å². The Balaban J connectivity index is 3.99. The Morgan fingerprint density at radius 1 is 1.00 bits per heavy atom. The summed E-state index contributed by atoms with van der Waals surface area (Å²) in [6.07, 6.45) is 1.24. The van der Waals surface area contributed by atoms with E-state index >= 15 is 0 Å². The molecule has 0 unspecified atom stereocenters. The molecule has 17 heavy (non-hydrogen) atoms. The molecule has 0 radical (unpaired) electrons. The third-order valence-corrected chi connectivity index (χ3v) is 2.32. The summed E-state index contributed by atoms with van der Waals surface area (Å²) in [5, 5.41) is 0. The summed E-state index contributed by atoms with van der Waals surface area (Å²) in [5.74, 6) is -2.26. The third kappa shape index (κ3) is 6.91. The Hall–Kier alpha value is -1.14. The summed E-state index contributed by atoms with van der Waals surface area (Å²) >= 11 is 0. The molecule has 0 aromatic carbocycles. The van der Waals surface area contributed by atoms with Gasteiger partial charge in [0.25, 0.3) is 0 Å². The highest BCUT2D eigenvalue weighted by Crippen LogP contribution is 2.12. The second-order valence-electron chi connectivity index (χ2n) is 3.63. The molecule has 6 nitrogen and oxygen atoms in total. The first-order valence-electron chi connectivity index (χ1n) is 5.84. The number of hydrogen-bond donors (Lipinski definition) is 2. The standard InChI is InChI=1S/C11H22N2O4/c1-3-16-9(17-4-2)7-5-6-8(10(12)14)11(13)15/h8-9H,3-7H2,1-2H3,(H2,12,14)(H2,13,15). The number of carbonyl (C=O) groups is 2. The van der Waals surface area contributed by atoms with E-state index in [9.17, 15) is 9.59 Å². The predicted molar refractivity (Wildman–Crippen MR) is 62.8 cm³/mol. The van der Waals surface area contributed by atoms with Crippen LogP contribution in [0.1, 0.15) is 33.1 Å². The molecule has 0 rings (SSSR count). The number of hydrogen-bond acceptors (Lipinski definition) is 4. The van der Waals surface area contributed by atoms with Crippen molar-refractivity contribution in [2.45, 2.75) is 39.4 Å². The van der Waals surface area contributed by atoms with Gasteiger partial charge in [-0.2, -0.15) is 0 Å². The van der Waals surface area contributed by atoms with Gasteiger partial charge in [-0.05, 0) is 33.1 Å². The molecule has 0 heterocycles. The van der Waals surface area contributed by atoms with Gasteiger partial charge in [0, 0.05) is 13.2 Å². The maximum Gasteiger partial charge on any atom is 0.229 e. The van der Waals surface area contributed by atoms with Crippen molar-refractivity contribution in [3.8, 4) is 0 Å². The zero-order valence-corrected chi connectivity index (χ0v) is 10.5. The molecule has 0 saturated heterocycles. The number of amides is 2. The van der Waals surface area contributed by atoms with Crippen LogP contribution in [0.2, 0.25) is 0 Å². The monoisotopic (exact) mass is 246 g/mol. The molecule has 0 aromatic heterocycles. The van der Waals surface area contributed by atoms with Crippen LogP contribution in [0.5, 0.6) is 0 Å². The molecule has 6 heteroatoms. The molecule has 0 aliphatic heterocycles. The molecule has 0 spiro atoms. The largest absolute Gasteiger partial charge is 0.369 e. The van der Waals surface area contributed by atoms with Crippen molar-refractivity contribution in [2.24, 2.45) is 17.4 Å². The van der Waals surface area contributed by atoms with Gasteiger partial charge in [0.05, 0.1) is 0 Å². The smallest absolute Gasteiger partial charge is 0.229 e. The number of primary amides is 2. The molecule has 0 bridgehead atoms. The Labute approximate surface area is 102 Å². The van der Waals surface area contributed by atoms with Crippen LogP contribution in [-0.2, 0) is 19.1 Å². The SMILES string of the molecule is CCOC(CCCC(C(N)=O)C(N)=O)OCC. The molecular formula is C11H22N2O4. The lowest BCUT2D eigenvalue weighted by atomic mass is 10.0. The first-order valence-corrected chi connectivity index (χ1v) is 5.84. The molecule has 0 aliphatic carbocycles. The maximum absolute atomic E-state index is 10.9. The molecule has 2 amide bonds. The summed E-state index contributed by atoms with van der Waals surface area (Å²) in [7, 11) is 0. The van der Waals surface area contributed by atoms with Crippen LogP contribution >= 0.6 is 0 Å². The third-order valence-electron chi connectivity index (χ3n) is 2.32. The fraction of sp³-hybridized carbons (Fsp3) is 0.818. The van der Waals surface area contributed by atoms with E-state index in [2.05, 4.69) is 0 Å². The van der Waals surface area contributed by atoms with Crippen molar-refractivity contribution < 1.29 is 19.1 Å². The number of nitrogens with two attached hydrogens (primary N) is 2. The van der Waals surface area contributed by atoms with Gasteiger partial charge in [-0.25, -0.2) is 0 Å². The zero-order chi connectivity index (χ0) is 13.3. The molecule has 100 valence electrons. The van der Waals surface area contributed by atoms with Crippen LogP contribution in [0.3, 0.4) is 0 Å². The minimum atomic E-state index is -0.904. The highest BCUT2D eigenvalue weighted by atomic mass is 16.7. The van der Waals surface area contributed by atoms with Crippen molar-refractivity contribution >= 4 is 11.8 Å². The zero-order valence-electron chi connectivity index (χ0n) is 10.5. The van der Waals surface area contributed by atoms with E-state index < -0.39 is 17.7 Å². The van der Waals surface area contributed by atoms with Crippen molar-refractivity contribution in [3.63, 3.8) is 0 Å². The Bertz CT molecular complexity index is 226. The Morgan fingerprint density at radius 3 is 1.82 bits per heavy atom. The lowest BCUT2D eigenvalue weighted by molar-refractivity contribution is -0.142. The van der Waals surface area contributed by atoms with Gasteiger partial charge >= 0.3 is 0 Å². The van der Waals surface area contributed by atoms with Gasteiger partial charge in [-0.3, -0.25) is 9.59 Å². The highest BCUT2D eigenvalue weighted by Gasteiger charge is 2.21. The average molecular weight is 246 g/mol. The van der Waals surface area contributed by atoms with E-state index in [-0.39, 0.29) is 6.29 Å². The number of carbonyl (C=O) groups excluding carboxylic acids is 2. The topological polar surface area (TPSA) is 105 Å². The number of ether oxygens (including phenoxy) is 2. The van der Waals surface area contributed by atoms with E-state index in [1.54, 1.807) is 0 Å².